The van der Waals surface area contributed by atoms with Crippen molar-refractivity contribution in [3.05, 3.63) is 70.8 Å². The number of amides is 1. The number of methoxy groups -OCH3 is 1. The Hall–Kier alpha value is -3.30. The van der Waals surface area contributed by atoms with Gasteiger partial charge in [0.05, 0.1) is 36.4 Å². The van der Waals surface area contributed by atoms with E-state index in [9.17, 15) is 29.7 Å². The van der Waals surface area contributed by atoms with Crippen LogP contribution in [0, 0.1) is 11.8 Å². The number of halogens is 1. The molecule has 0 saturated carbocycles. The first-order chi connectivity index (χ1) is 27.5. The van der Waals surface area contributed by atoms with Crippen LogP contribution in [0.2, 0.25) is 5.02 Å². The molecule has 1 saturated heterocycles. The Balaban J connectivity index is 2.02. The first-order valence-electron chi connectivity index (χ1n) is 20.6. The van der Waals surface area contributed by atoms with Crippen molar-refractivity contribution in [1.82, 2.24) is 10.2 Å². The molecular weight excluding hydrogens is 780 g/mol. The van der Waals surface area contributed by atoms with Crippen molar-refractivity contribution in [2.24, 2.45) is 11.8 Å². The average Bonchev–Trinajstić information content (AvgIpc) is 3.91. The summed E-state index contributed by atoms with van der Waals surface area (Å²) in [7, 11) is 1.68. The van der Waals surface area contributed by atoms with E-state index in [-0.39, 0.29) is 43.9 Å². The molecule has 13 nitrogen and oxygen atoms in total. The number of esters is 2. The number of hydrogen-bond acceptors (Lipinski definition) is 12. The van der Waals surface area contributed by atoms with Crippen LogP contribution < -0.4 is 5.32 Å². The minimum atomic E-state index is -1.51. The monoisotopic (exact) mass is 848 g/mol. The van der Waals surface area contributed by atoms with Crippen molar-refractivity contribution in [3.63, 3.8) is 0 Å². The van der Waals surface area contributed by atoms with E-state index in [2.05, 4.69) is 24.1 Å². The normalized spacial score (nSPS) is 28.4. The summed E-state index contributed by atoms with van der Waals surface area (Å²) in [4.78, 5) is 39.8. The lowest BCUT2D eigenvalue weighted by Crippen LogP contribution is -2.55. The van der Waals surface area contributed by atoms with Crippen LogP contribution in [0.3, 0.4) is 0 Å². The van der Waals surface area contributed by atoms with Gasteiger partial charge >= 0.3 is 18.0 Å². The Morgan fingerprint density at radius 1 is 1.14 bits per heavy atom. The van der Waals surface area contributed by atoms with Gasteiger partial charge in [-0.25, -0.2) is 4.79 Å². The molecule has 0 bridgehead atoms. The lowest BCUT2D eigenvalue weighted by molar-refractivity contribution is -0.157. The number of aliphatic hydroxyl groups is 3. The number of nitrogens with one attached hydrogen (secondary N) is 1. The van der Waals surface area contributed by atoms with E-state index in [4.69, 9.17) is 35.3 Å². The van der Waals surface area contributed by atoms with E-state index < -0.39 is 71.2 Å². The average molecular weight is 850 g/mol. The molecule has 2 heterocycles. The molecule has 11 atom stereocenters. The smallest absolute Gasteiger partial charge is 0.407 e. The number of allylic oxidation sites excluding steroid dienone is 2. The van der Waals surface area contributed by atoms with Crippen LogP contribution in [0.15, 0.2) is 60.2 Å². The fraction of sp³-hybridized carbons (Fsp3) is 0.667. The van der Waals surface area contributed by atoms with Gasteiger partial charge in [-0.05, 0) is 90.2 Å². The Bertz CT molecular complexity index is 1620. The van der Waals surface area contributed by atoms with Gasteiger partial charge in [-0.15, -0.1) is 0 Å². The summed E-state index contributed by atoms with van der Waals surface area (Å²) in [5.41, 5.74) is -2.10. The summed E-state index contributed by atoms with van der Waals surface area (Å²) >= 11 is 6.24. The number of epoxide rings is 1. The van der Waals surface area contributed by atoms with E-state index in [1.165, 1.54) is 13.8 Å². The third-order valence-corrected chi connectivity index (χ3v) is 11.2. The molecule has 0 spiro atoms. The van der Waals surface area contributed by atoms with Crippen molar-refractivity contribution < 1.29 is 53.4 Å². The molecule has 14 heteroatoms. The molecule has 1 amide bonds. The number of ether oxygens (including phenoxy) is 5. The molecule has 1 aromatic carbocycles. The molecule has 0 radical (unpaired) electrons. The topological polar surface area (TPSA) is 177 Å². The highest BCUT2D eigenvalue weighted by molar-refractivity contribution is 6.30. The van der Waals surface area contributed by atoms with Crippen LogP contribution in [0.1, 0.15) is 100 Å². The highest BCUT2D eigenvalue weighted by Crippen LogP contribution is 2.41. The summed E-state index contributed by atoms with van der Waals surface area (Å²) in [6.07, 6.45) is 5.06. The summed E-state index contributed by atoms with van der Waals surface area (Å²) in [5, 5.41) is 37.8. The molecule has 1 aromatic rings. The number of alkyl carbamates (subject to hydrolysis) is 1. The lowest BCUT2D eigenvalue weighted by Gasteiger charge is -2.39. The van der Waals surface area contributed by atoms with Crippen molar-refractivity contribution in [2.75, 3.05) is 20.2 Å². The zero-order valence-corrected chi connectivity index (χ0v) is 37.5. The number of hydrogen-bond donors (Lipinski definition) is 4. The summed E-state index contributed by atoms with van der Waals surface area (Å²) in [6.45, 7) is 18.6. The van der Waals surface area contributed by atoms with Crippen molar-refractivity contribution in [2.45, 2.75) is 161 Å². The maximum Gasteiger partial charge on any atom is 0.407 e. The van der Waals surface area contributed by atoms with Crippen molar-refractivity contribution >= 4 is 29.6 Å². The summed E-state index contributed by atoms with van der Waals surface area (Å²) in [5.74, 6) is -1.59. The van der Waals surface area contributed by atoms with Gasteiger partial charge in [-0.2, -0.15) is 0 Å². The number of aliphatic hydroxyl groups excluding tert-OH is 1. The molecule has 1 fully saturated rings. The molecule has 4 N–H and O–H groups in total. The molecule has 2 aliphatic heterocycles. The van der Waals surface area contributed by atoms with Gasteiger partial charge in [-0.3, -0.25) is 14.5 Å². The quantitative estimate of drug-likeness (QED) is 0.0471. The zero-order valence-electron chi connectivity index (χ0n) is 36.8. The maximum absolute atomic E-state index is 13.1. The van der Waals surface area contributed by atoms with Crippen LogP contribution in [-0.4, -0.2) is 118 Å². The fourth-order valence-corrected chi connectivity index (χ4v) is 7.79. The molecule has 2 aliphatic rings. The number of cyclic esters (lactones) is 1. The SMILES string of the molecule is CC[C@H](OC)[C@@H](C)C1O[C@@H]1C(N(CCNC(=O)OC(C)(C)C)Cc1ccc(Cl)cc1)C(C)(O)C=CC=C(C)[C@H]1OC(=O)C[C@H](O)CC[C@@](C)(O)[C@@H](OC(C)=O)C=C[C@@H]1C. The minimum Gasteiger partial charge on any atom is -0.457 e. The second kappa shape index (κ2) is 22.0. The van der Waals surface area contributed by atoms with E-state index >= 15 is 0 Å². The van der Waals surface area contributed by atoms with Crippen molar-refractivity contribution in [1.29, 1.82) is 0 Å². The molecule has 0 aromatic heterocycles. The van der Waals surface area contributed by atoms with Gasteiger partial charge in [0.25, 0.3) is 0 Å². The first kappa shape index (κ1) is 50.1. The summed E-state index contributed by atoms with van der Waals surface area (Å²) in [6, 6.07) is 6.85. The highest BCUT2D eigenvalue weighted by Gasteiger charge is 2.56. The van der Waals surface area contributed by atoms with E-state index in [1.807, 2.05) is 31.2 Å². The number of rotatable bonds is 16. The molecule has 3 unspecified atom stereocenters. The Labute approximate surface area is 356 Å². The Kier molecular flexibility index (Phi) is 18.7. The maximum atomic E-state index is 13.1. The zero-order chi connectivity index (χ0) is 44.3. The van der Waals surface area contributed by atoms with Crippen LogP contribution in [0.5, 0.6) is 0 Å². The first-order valence-corrected chi connectivity index (χ1v) is 21.0. The Morgan fingerprint density at radius 3 is 2.39 bits per heavy atom. The van der Waals surface area contributed by atoms with Gasteiger partial charge < -0.3 is 44.3 Å². The van der Waals surface area contributed by atoms with Crippen LogP contribution in [0.4, 0.5) is 4.79 Å². The summed E-state index contributed by atoms with van der Waals surface area (Å²) < 4.78 is 29.1. The van der Waals surface area contributed by atoms with E-state index in [1.54, 1.807) is 72.1 Å². The predicted octanol–water partition coefficient (Wildman–Crippen LogP) is 6.45. The third-order valence-electron chi connectivity index (χ3n) is 10.9. The van der Waals surface area contributed by atoms with Crippen LogP contribution >= 0.6 is 11.6 Å². The molecule has 0 aliphatic carbocycles. The largest absolute Gasteiger partial charge is 0.457 e. The van der Waals surface area contributed by atoms with Gasteiger partial charge in [0.1, 0.15) is 29.5 Å². The lowest BCUT2D eigenvalue weighted by atomic mass is 9.85. The standard InChI is InChI=1S/C45H69ClN2O11/c1-12-35(55-11)30(4)39-40(58-39)41(48(27-32-16-18-33(46)19-17-32)25-24-47-42(52)59-43(6,7)8)45(10,54)22-13-14-28(2)38-29(3)15-20-36(56-31(5)49)44(9,53)23-21-34(50)26-37(51)57-38/h13-20,22,29-30,34-36,38-41,50,53-54H,12,21,23-27H2,1-11H3,(H,47,52)/t29-,30+,34+,35-,36-,38+,39?,40-,41?,44+,45?/m0/s1. The second-order valence-electron chi connectivity index (χ2n) is 17.5. The fourth-order valence-electron chi connectivity index (χ4n) is 7.66. The van der Waals surface area contributed by atoms with Crippen LogP contribution in [0.25, 0.3) is 0 Å². The van der Waals surface area contributed by atoms with E-state index in [0.29, 0.717) is 23.7 Å². The number of nitrogens with zero attached hydrogens (tertiary/aromatic N) is 1. The molecule has 3 rings (SSSR count). The van der Waals surface area contributed by atoms with Crippen molar-refractivity contribution in [3.8, 4) is 0 Å². The Morgan fingerprint density at radius 2 is 1.80 bits per heavy atom. The third kappa shape index (κ3) is 15.9. The molecular formula is C45H69ClN2O11. The van der Waals surface area contributed by atoms with E-state index in [0.717, 1.165) is 12.0 Å². The highest BCUT2D eigenvalue weighted by atomic mass is 35.5. The van der Waals surface area contributed by atoms with Gasteiger partial charge in [0.2, 0.25) is 0 Å². The molecule has 59 heavy (non-hydrogen) atoms. The van der Waals surface area contributed by atoms with Gasteiger partial charge in [0.15, 0.2) is 0 Å². The predicted molar refractivity (Wildman–Crippen MR) is 227 cm³/mol. The van der Waals surface area contributed by atoms with Gasteiger partial charge in [-0.1, -0.05) is 68.8 Å². The number of benzene rings is 1. The van der Waals surface area contributed by atoms with Crippen LogP contribution in [-0.2, 0) is 39.8 Å². The molecule has 332 valence electrons. The van der Waals surface area contributed by atoms with Gasteiger partial charge in [0, 0.05) is 50.5 Å². The minimum absolute atomic E-state index is 0.0182. The number of carbonyl (C=O) groups is 3. The number of carbonyl (C=O) groups excluding carboxylic acids is 3. The second-order valence-corrected chi connectivity index (χ2v) is 17.9.